The average molecular weight is 289 g/mol. The molecule has 1 saturated heterocycles. The Hall–Kier alpha value is -1.92. The van der Waals surface area contributed by atoms with Gasteiger partial charge in [-0.05, 0) is 24.6 Å². The highest BCUT2D eigenvalue weighted by Crippen LogP contribution is 2.28. The number of phenols is 1. The number of rotatable bonds is 3. The third-order valence-corrected chi connectivity index (χ3v) is 3.80. The van der Waals surface area contributed by atoms with Crippen molar-refractivity contribution in [2.45, 2.75) is 26.0 Å². The Bertz CT molecular complexity index is 614. The van der Waals surface area contributed by atoms with Crippen molar-refractivity contribution in [3.8, 4) is 5.75 Å². The van der Waals surface area contributed by atoms with Gasteiger partial charge in [-0.25, -0.2) is 0 Å². The van der Waals surface area contributed by atoms with Gasteiger partial charge < -0.3 is 14.4 Å². The van der Waals surface area contributed by atoms with Crippen LogP contribution in [-0.4, -0.2) is 39.8 Å². The van der Waals surface area contributed by atoms with Crippen molar-refractivity contribution in [3.63, 3.8) is 0 Å². The van der Waals surface area contributed by atoms with Crippen LogP contribution < -0.4 is 0 Å². The van der Waals surface area contributed by atoms with Crippen LogP contribution in [0.25, 0.3) is 0 Å². The molecule has 1 aromatic heterocycles. The van der Waals surface area contributed by atoms with Gasteiger partial charge in [0.05, 0.1) is 18.8 Å². The summed E-state index contributed by atoms with van der Waals surface area (Å²) in [5.74, 6) is 1.54. The standard InChI is InChI=1S/C15H19N3O3/c1-10(15-16-11(2)21-17-15)18-6-7-20-14(9-18)12-4-3-5-13(19)8-12/h3-5,8,10,14,19H,6-7,9H2,1-2H3/t10-,14+/m0/s1. The zero-order valence-corrected chi connectivity index (χ0v) is 12.2. The fourth-order valence-corrected chi connectivity index (χ4v) is 2.60. The van der Waals surface area contributed by atoms with Gasteiger partial charge in [-0.1, -0.05) is 17.3 Å². The van der Waals surface area contributed by atoms with E-state index in [1.807, 2.05) is 12.1 Å². The van der Waals surface area contributed by atoms with E-state index in [1.54, 1.807) is 19.1 Å². The molecule has 0 spiro atoms. The maximum atomic E-state index is 9.60. The van der Waals surface area contributed by atoms with Gasteiger partial charge in [0.2, 0.25) is 5.89 Å². The van der Waals surface area contributed by atoms with Crippen molar-refractivity contribution in [1.82, 2.24) is 15.0 Å². The maximum absolute atomic E-state index is 9.60. The minimum atomic E-state index is -0.0544. The molecular formula is C15H19N3O3. The van der Waals surface area contributed by atoms with Crippen molar-refractivity contribution in [2.24, 2.45) is 0 Å². The molecule has 112 valence electrons. The molecule has 2 heterocycles. The molecule has 1 N–H and O–H groups in total. The Morgan fingerprint density at radius 2 is 2.29 bits per heavy atom. The van der Waals surface area contributed by atoms with E-state index in [4.69, 9.17) is 9.26 Å². The number of aromatic nitrogens is 2. The zero-order valence-electron chi connectivity index (χ0n) is 12.2. The van der Waals surface area contributed by atoms with Gasteiger partial charge in [0.15, 0.2) is 5.82 Å². The highest BCUT2D eigenvalue weighted by molar-refractivity contribution is 5.29. The third-order valence-electron chi connectivity index (χ3n) is 3.80. The minimum Gasteiger partial charge on any atom is -0.508 e. The van der Waals surface area contributed by atoms with Gasteiger partial charge in [0, 0.05) is 20.0 Å². The largest absolute Gasteiger partial charge is 0.508 e. The molecule has 21 heavy (non-hydrogen) atoms. The quantitative estimate of drug-likeness (QED) is 0.934. The summed E-state index contributed by atoms with van der Waals surface area (Å²) in [5, 5.41) is 13.6. The molecule has 1 aliphatic heterocycles. The molecule has 0 amide bonds. The Morgan fingerprint density at radius 3 is 3.00 bits per heavy atom. The lowest BCUT2D eigenvalue weighted by atomic mass is 10.1. The van der Waals surface area contributed by atoms with Gasteiger partial charge in [-0.2, -0.15) is 4.98 Å². The van der Waals surface area contributed by atoms with Crippen molar-refractivity contribution in [1.29, 1.82) is 0 Å². The molecule has 1 aromatic carbocycles. The second kappa shape index (κ2) is 5.83. The Morgan fingerprint density at radius 1 is 1.43 bits per heavy atom. The number of aryl methyl sites for hydroxylation is 1. The summed E-state index contributed by atoms with van der Waals surface area (Å²) >= 11 is 0. The predicted molar refractivity (Wildman–Crippen MR) is 75.8 cm³/mol. The monoisotopic (exact) mass is 289 g/mol. The summed E-state index contributed by atoms with van der Waals surface area (Å²) in [4.78, 5) is 6.56. The first-order valence-corrected chi connectivity index (χ1v) is 7.08. The smallest absolute Gasteiger partial charge is 0.223 e. The number of aromatic hydroxyl groups is 1. The van der Waals surface area contributed by atoms with E-state index in [-0.39, 0.29) is 17.9 Å². The van der Waals surface area contributed by atoms with E-state index in [0.29, 0.717) is 18.3 Å². The van der Waals surface area contributed by atoms with Crippen LogP contribution >= 0.6 is 0 Å². The number of ether oxygens (including phenoxy) is 1. The number of nitrogens with zero attached hydrogens (tertiary/aromatic N) is 3. The van der Waals surface area contributed by atoms with Crippen molar-refractivity contribution < 1.29 is 14.4 Å². The molecule has 0 aliphatic carbocycles. The van der Waals surface area contributed by atoms with Crippen LogP contribution in [-0.2, 0) is 4.74 Å². The second-order valence-electron chi connectivity index (χ2n) is 5.30. The molecule has 0 saturated carbocycles. The summed E-state index contributed by atoms with van der Waals surface area (Å²) in [6.07, 6.45) is -0.0544. The van der Waals surface area contributed by atoms with Crippen molar-refractivity contribution in [2.75, 3.05) is 19.7 Å². The van der Waals surface area contributed by atoms with Crippen LogP contribution in [0.5, 0.6) is 5.75 Å². The molecule has 2 aromatic rings. The SMILES string of the molecule is Cc1nc([C@H](C)N2CCO[C@@H](c3cccc(O)c3)C2)no1. The molecule has 3 rings (SSSR count). The lowest BCUT2D eigenvalue weighted by molar-refractivity contribution is -0.0445. The first-order chi connectivity index (χ1) is 10.1. The number of morpholine rings is 1. The number of hydrogen-bond donors (Lipinski definition) is 1. The first kappa shape index (κ1) is 14.0. The number of benzene rings is 1. The van der Waals surface area contributed by atoms with Gasteiger partial charge >= 0.3 is 0 Å². The summed E-state index contributed by atoms with van der Waals surface area (Å²) < 4.78 is 10.9. The molecular weight excluding hydrogens is 270 g/mol. The van der Waals surface area contributed by atoms with E-state index >= 15 is 0 Å². The Labute approximate surface area is 123 Å². The normalized spacial score (nSPS) is 21.3. The predicted octanol–water partition coefficient (Wildman–Crippen LogP) is 2.22. The Balaban J connectivity index is 1.73. The van der Waals surface area contributed by atoms with Crippen LogP contribution in [0.4, 0.5) is 0 Å². The molecule has 0 bridgehead atoms. The fraction of sp³-hybridized carbons (Fsp3) is 0.467. The third kappa shape index (κ3) is 3.06. The second-order valence-corrected chi connectivity index (χ2v) is 5.30. The summed E-state index contributed by atoms with van der Waals surface area (Å²) in [6.45, 7) is 6.05. The van der Waals surface area contributed by atoms with Crippen molar-refractivity contribution >= 4 is 0 Å². The highest BCUT2D eigenvalue weighted by Gasteiger charge is 2.28. The summed E-state index contributed by atoms with van der Waals surface area (Å²) in [6, 6.07) is 7.29. The van der Waals surface area contributed by atoms with Gasteiger partial charge in [0.25, 0.3) is 0 Å². The molecule has 6 nitrogen and oxygen atoms in total. The summed E-state index contributed by atoms with van der Waals surface area (Å²) in [5.41, 5.74) is 0.983. The first-order valence-electron chi connectivity index (χ1n) is 7.08. The van der Waals surface area contributed by atoms with E-state index < -0.39 is 0 Å². The van der Waals surface area contributed by atoms with E-state index in [9.17, 15) is 5.11 Å². The molecule has 1 fully saturated rings. The lowest BCUT2D eigenvalue weighted by Crippen LogP contribution is -2.40. The molecule has 6 heteroatoms. The van der Waals surface area contributed by atoms with Gasteiger partial charge in [0.1, 0.15) is 5.75 Å². The maximum Gasteiger partial charge on any atom is 0.223 e. The van der Waals surface area contributed by atoms with Crippen molar-refractivity contribution in [3.05, 3.63) is 41.5 Å². The van der Waals surface area contributed by atoms with Crippen LogP contribution in [0.1, 0.15) is 36.3 Å². The topological polar surface area (TPSA) is 71.6 Å². The number of phenolic OH excluding ortho intramolecular Hbond substituents is 1. The number of hydrogen-bond acceptors (Lipinski definition) is 6. The Kier molecular flexibility index (Phi) is 3.90. The van der Waals surface area contributed by atoms with Gasteiger partial charge in [-0.15, -0.1) is 0 Å². The molecule has 2 atom stereocenters. The van der Waals surface area contributed by atoms with Crippen LogP contribution in [0.3, 0.4) is 0 Å². The highest BCUT2D eigenvalue weighted by atomic mass is 16.5. The minimum absolute atomic E-state index is 0.0544. The zero-order chi connectivity index (χ0) is 14.8. The summed E-state index contributed by atoms with van der Waals surface area (Å²) in [7, 11) is 0. The lowest BCUT2D eigenvalue weighted by Gasteiger charge is -2.35. The van der Waals surface area contributed by atoms with Gasteiger partial charge in [-0.3, -0.25) is 4.90 Å². The van der Waals surface area contributed by atoms with Crippen LogP contribution in [0.15, 0.2) is 28.8 Å². The van der Waals surface area contributed by atoms with E-state index in [2.05, 4.69) is 22.0 Å². The van der Waals surface area contributed by atoms with Crippen LogP contribution in [0.2, 0.25) is 0 Å². The van der Waals surface area contributed by atoms with E-state index in [1.165, 1.54) is 0 Å². The average Bonchev–Trinajstić information content (AvgIpc) is 2.93. The van der Waals surface area contributed by atoms with Crippen LogP contribution in [0, 0.1) is 6.92 Å². The molecule has 1 aliphatic rings. The fourth-order valence-electron chi connectivity index (χ4n) is 2.60. The van der Waals surface area contributed by atoms with E-state index in [0.717, 1.165) is 18.7 Å². The molecule has 0 unspecified atom stereocenters. The molecule has 0 radical (unpaired) electrons.